The Morgan fingerprint density at radius 3 is 2.12 bits per heavy atom. The van der Waals surface area contributed by atoms with Crippen molar-refractivity contribution in [1.29, 1.82) is 0 Å². The van der Waals surface area contributed by atoms with E-state index in [0.717, 1.165) is 24.8 Å². The second-order valence-corrected chi connectivity index (χ2v) is 28.4. The minimum atomic E-state index is -2.42. The standard InChI is InChI=1S/C58H95NO13Si/c1-36-22-18-17-19-23-37(2)48(66-11)34-44-27-25-42(7)58(65,71-44)54(62)55(63)59-29-21-20-24-45(59)56(64)70-49(35-46(60)38(3)31-41(6)52(68-13)53(69-14)51(61)40(5)30-36)39(4)32-43-26-28-47(50(33-43)67-12)72-73(15,16)57(8,9)10/h17-19,22-23,31,36,38-40,42-45,47-50,52-53,65H,20-21,24-30,32-35H2,1-16H3/b19-17?,22-18+,37-23?,41-31+/t36-,38-,39-,40-,42-,43+,44+,45+,47?,48+,49+,50-,52-,53+,58-/m1/s1. The highest BCUT2D eigenvalue weighted by atomic mass is 28.4. The van der Waals surface area contributed by atoms with E-state index in [2.05, 4.69) is 40.8 Å². The summed E-state index contributed by atoms with van der Waals surface area (Å²) in [5, 5.41) is 12.1. The lowest BCUT2D eigenvalue weighted by molar-refractivity contribution is -0.265. The number of amides is 1. The summed E-state index contributed by atoms with van der Waals surface area (Å²) in [6.45, 7) is 24.5. The Labute approximate surface area is 439 Å². The summed E-state index contributed by atoms with van der Waals surface area (Å²) in [6.07, 6.45) is 14.1. The number of fused-ring (bicyclic) bond motifs is 3. The third kappa shape index (κ3) is 16.4. The van der Waals surface area contributed by atoms with Gasteiger partial charge in [0.15, 0.2) is 14.1 Å². The molecule has 15 atom stereocenters. The first-order valence-corrected chi connectivity index (χ1v) is 30.1. The van der Waals surface area contributed by atoms with Crippen molar-refractivity contribution in [2.24, 2.45) is 35.5 Å². The number of ether oxygens (including phenoxy) is 6. The van der Waals surface area contributed by atoms with Crippen LogP contribution in [0.15, 0.2) is 47.6 Å². The van der Waals surface area contributed by atoms with Crippen molar-refractivity contribution in [2.45, 2.75) is 219 Å². The summed E-state index contributed by atoms with van der Waals surface area (Å²) < 4.78 is 43.2. The van der Waals surface area contributed by atoms with Crippen LogP contribution in [0.25, 0.3) is 0 Å². The van der Waals surface area contributed by atoms with Gasteiger partial charge < -0.3 is 42.9 Å². The van der Waals surface area contributed by atoms with Crippen molar-refractivity contribution in [2.75, 3.05) is 35.0 Å². The Morgan fingerprint density at radius 1 is 0.808 bits per heavy atom. The fraction of sp³-hybridized carbons (Fsp3) is 0.776. The smallest absolute Gasteiger partial charge is 0.329 e. The zero-order valence-electron chi connectivity index (χ0n) is 47.5. The molecule has 1 amide bonds. The van der Waals surface area contributed by atoms with E-state index in [1.165, 1.54) is 19.1 Å². The van der Waals surface area contributed by atoms with Gasteiger partial charge in [0.2, 0.25) is 5.79 Å². The monoisotopic (exact) mass is 1040 g/mol. The third-order valence-electron chi connectivity index (χ3n) is 16.9. The molecular weight excluding hydrogens is 947 g/mol. The molecule has 3 aliphatic heterocycles. The van der Waals surface area contributed by atoms with Crippen molar-refractivity contribution in [3.05, 3.63) is 47.6 Å². The number of hydrogen-bond acceptors (Lipinski definition) is 13. The number of hydrogen-bond donors (Lipinski definition) is 1. The number of carbonyl (C=O) groups is 5. The fourth-order valence-electron chi connectivity index (χ4n) is 11.1. The van der Waals surface area contributed by atoms with Gasteiger partial charge in [-0.25, -0.2) is 4.79 Å². The van der Waals surface area contributed by atoms with Gasteiger partial charge in [0.05, 0.1) is 24.4 Å². The van der Waals surface area contributed by atoms with E-state index < -0.39 is 80.2 Å². The van der Waals surface area contributed by atoms with Crippen LogP contribution in [0.4, 0.5) is 0 Å². The predicted molar refractivity (Wildman–Crippen MR) is 286 cm³/mol. The largest absolute Gasteiger partial charge is 0.460 e. The van der Waals surface area contributed by atoms with Crippen molar-refractivity contribution in [1.82, 2.24) is 4.90 Å². The minimum Gasteiger partial charge on any atom is -0.460 e. The van der Waals surface area contributed by atoms with Gasteiger partial charge in [-0.2, -0.15) is 0 Å². The highest BCUT2D eigenvalue weighted by Gasteiger charge is 2.53. The predicted octanol–water partition coefficient (Wildman–Crippen LogP) is 9.86. The lowest BCUT2D eigenvalue weighted by atomic mass is 9.78. The van der Waals surface area contributed by atoms with Crippen LogP contribution in [0.3, 0.4) is 0 Å². The number of aliphatic hydroxyl groups is 1. The lowest BCUT2D eigenvalue weighted by Crippen LogP contribution is -2.61. The van der Waals surface area contributed by atoms with Crippen LogP contribution in [0.1, 0.15) is 146 Å². The fourth-order valence-corrected chi connectivity index (χ4v) is 12.5. The number of nitrogens with zero attached hydrogens (tertiary/aromatic N) is 1. The lowest BCUT2D eigenvalue weighted by Gasteiger charge is -2.44. The number of carbonyl (C=O) groups excluding carboxylic acids is 5. The molecule has 1 aliphatic carbocycles. The molecular formula is C58H95NO13Si. The van der Waals surface area contributed by atoms with Gasteiger partial charge in [-0.1, -0.05) is 91.8 Å². The molecule has 2 saturated heterocycles. The van der Waals surface area contributed by atoms with Crippen molar-refractivity contribution in [3.8, 4) is 0 Å². The summed E-state index contributed by atoms with van der Waals surface area (Å²) in [5.41, 5.74) is 1.56. The molecule has 0 radical (unpaired) electrons. The Kier molecular flexibility index (Phi) is 23.7. The number of ketones is 3. The van der Waals surface area contributed by atoms with E-state index in [1.54, 1.807) is 34.1 Å². The quantitative estimate of drug-likeness (QED) is 0.100. The molecule has 0 aromatic rings. The summed E-state index contributed by atoms with van der Waals surface area (Å²) in [5.74, 6) is -7.26. The zero-order valence-corrected chi connectivity index (χ0v) is 48.5. The average molecular weight is 1040 g/mol. The van der Waals surface area contributed by atoms with Gasteiger partial charge in [-0.3, -0.25) is 19.2 Å². The van der Waals surface area contributed by atoms with Crippen LogP contribution in [0.2, 0.25) is 18.1 Å². The van der Waals surface area contributed by atoms with E-state index in [9.17, 15) is 29.1 Å². The molecule has 1 unspecified atom stereocenters. The summed E-state index contributed by atoms with van der Waals surface area (Å²) in [6, 6.07) is -1.12. The van der Waals surface area contributed by atoms with E-state index >= 15 is 0 Å². The van der Waals surface area contributed by atoms with Crippen LogP contribution in [0, 0.1) is 35.5 Å². The van der Waals surface area contributed by atoms with Crippen LogP contribution in [0.5, 0.6) is 0 Å². The minimum absolute atomic E-state index is 0.0365. The third-order valence-corrected chi connectivity index (χ3v) is 21.4. The topological polar surface area (TPSA) is 173 Å². The van der Waals surface area contributed by atoms with Crippen molar-refractivity contribution >= 4 is 37.5 Å². The second-order valence-electron chi connectivity index (χ2n) is 23.7. The van der Waals surface area contributed by atoms with Gasteiger partial charge >= 0.3 is 5.97 Å². The molecule has 414 valence electrons. The first-order valence-electron chi connectivity index (χ1n) is 27.2. The van der Waals surface area contributed by atoms with Gasteiger partial charge in [0.25, 0.3) is 11.7 Å². The molecule has 0 aromatic heterocycles. The summed E-state index contributed by atoms with van der Waals surface area (Å²) in [7, 11) is 4.26. The van der Waals surface area contributed by atoms with Crippen LogP contribution < -0.4 is 0 Å². The first kappa shape index (κ1) is 62.4. The second kappa shape index (κ2) is 27.8. The number of cyclic esters (lactones) is 1. The molecule has 0 aromatic carbocycles. The molecule has 3 fully saturated rings. The number of allylic oxidation sites excluding steroid dienone is 6. The maximum Gasteiger partial charge on any atom is 0.329 e. The Bertz CT molecular complexity index is 1990. The van der Waals surface area contributed by atoms with Crippen molar-refractivity contribution in [3.63, 3.8) is 0 Å². The number of Topliss-reactive ketones (excluding diaryl/α,β-unsaturated/α-hetero) is 3. The molecule has 1 N–H and O–H groups in total. The maximum atomic E-state index is 14.7. The number of esters is 1. The van der Waals surface area contributed by atoms with Gasteiger partial charge in [0, 0.05) is 65.6 Å². The number of piperidine rings is 1. The molecule has 0 spiro atoms. The van der Waals surface area contributed by atoms with E-state index in [4.69, 9.17) is 32.8 Å². The SMILES string of the molecule is CO[C@H]1C[C@@H]2CC[C@@H](C)[C@@](O)(O2)C(=O)C(=O)N2CCCC[C@H]2C(=O)O[C@H]([C@H](C)C[C@@H]2CCC(O[Si](C)(C)C(C)(C)C)[C@H](OC)C2)CC(=O)[C@H](C)/C=C(\C)[C@@H](OC)[C@@H](OC)C(=O)[C@H](C)C[C@H](C)/C=C/C=CC=C1C. The first-order chi connectivity index (χ1) is 34.2. The molecule has 4 rings (SSSR count). The highest BCUT2D eigenvalue weighted by molar-refractivity contribution is 6.74. The molecule has 3 heterocycles. The van der Waals surface area contributed by atoms with Gasteiger partial charge in [0.1, 0.15) is 30.1 Å². The molecule has 4 aliphatic rings. The van der Waals surface area contributed by atoms with Crippen LogP contribution in [-0.2, 0) is 56.8 Å². The normalized spacial score (nSPS) is 36.6. The zero-order chi connectivity index (χ0) is 54.6. The average Bonchev–Trinajstić information content (AvgIpc) is 3.34. The highest BCUT2D eigenvalue weighted by Crippen LogP contribution is 2.42. The number of rotatable bonds is 9. The van der Waals surface area contributed by atoms with E-state index in [0.29, 0.717) is 50.5 Å². The van der Waals surface area contributed by atoms with Crippen LogP contribution >= 0.6 is 0 Å². The van der Waals surface area contributed by atoms with E-state index in [1.807, 2.05) is 58.1 Å². The Morgan fingerprint density at radius 2 is 1.49 bits per heavy atom. The van der Waals surface area contributed by atoms with Crippen LogP contribution in [-0.4, -0.2) is 137 Å². The molecule has 14 nitrogen and oxygen atoms in total. The molecule has 15 heteroatoms. The summed E-state index contributed by atoms with van der Waals surface area (Å²) >= 11 is 0. The van der Waals surface area contributed by atoms with Crippen molar-refractivity contribution < 1.29 is 61.9 Å². The Hall–Kier alpha value is -3.15. The maximum absolute atomic E-state index is 14.7. The molecule has 2 bridgehead atoms. The van der Waals surface area contributed by atoms with E-state index in [-0.39, 0.29) is 71.9 Å². The number of methoxy groups -OCH3 is 4. The Balaban J connectivity index is 1.72. The van der Waals surface area contributed by atoms with Gasteiger partial charge in [-0.05, 0) is 125 Å². The molecule has 1 saturated carbocycles. The summed E-state index contributed by atoms with van der Waals surface area (Å²) in [4.78, 5) is 73.2. The van der Waals surface area contributed by atoms with Gasteiger partial charge in [-0.15, -0.1) is 0 Å². The molecule has 73 heavy (non-hydrogen) atoms.